The van der Waals surface area contributed by atoms with Crippen LogP contribution in [0.2, 0.25) is 0 Å². The van der Waals surface area contributed by atoms with E-state index >= 15 is 0 Å². The molecule has 0 aliphatic heterocycles. The summed E-state index contributed by atoms with van der Waals surface area (Å²) in [6.45, 7) is 11.0. The Labute approximate surface area is 197 Å². The number of aliphatic hydroxyl groups excluding tert-OH is 1. The monoisotopic (exact) mass is 461 g/mol. The number of hydrogen-bond donors (Lipinski definition) is 3. The van der Waals surface area contributed by atoms with Gasteiger partial charge in [0.2, 0.25) is 11.8 Å². The van der Waals surface area contributed by atoms with Crippen molar-refractivity contribution in [1.29, 1.82) is 0 Å². The van der Waals surface area contributed by atoms with Crippen LogP contribution >= 0.6 is 0 Å². The topological polar surface area (TPSA) is 108 Å². The van der Waals surface area contributed by atoms with Crippen molar-refractivity contribution in [2.75, 3.05) is 13.2 Å². The Balaban J connectivity index is 2.38. The lowest BCUT2D eigenvalue weighted by molar-refractivity contribution is -0.144. The number of carbonyl (C=O) groups is 3. The van der Waals surface area contributed by atoms with E-state index in [-0.39, 0.29) is 11.9 Å². The van der Waals surface area contributed by atoms with Crippen molar-refractivity contribution in [3.05, 3.63) is 34.9 Å². The van der Waals surface area contributed by atoms with Crippen molar-refractivity contribution in [3.8, 4) is 0 Å². The molecule has 0 heterocycles. The predicted molar refractivity (Wildman–Crippen MR) is 127 cm³/mol. The number of aliphatic hydroxyl groups is 1. The molecule has 1 saturated carbocycles. The highest BCUT2D eigenvalue weighted by atomic mass is 16.6. The van der Waals surface area contributed by atoms with Gasteiger partial charge in [0, 0.05) is 12.6 Å². The molecule has 8 heteroatoms. The number of nitrogens with zero attached hydrogens (tertiary/aromatic N) is 1. The number of amides is 3. The standard InChI is InChI=1S/C25H39N3O5/c1-7-8-13-26-22(30)21(19-12-9-16(2)14-17(19)3)28(18-10-11-18)23(31)20(15-29)27-24(32)33-25(4,5)6/h9,12,14,18,20-21,29H,7-8,10-11,13,15H2,1-6H3,(H,26,30)(H,27,32). The molecule has 0 saturated heterocycles. The number of rotatable bonds is 10. The summed E-state index contributed by atoms with van der Waals surface area (Å²) in [5, 5.41) is 15.4. The van der Waals surface area contributed by atoms with Gasteiger partial charge in [-0.3, -0.25) is 9.59 Å². The maximum atomic E-state index is 13.6. The minimum absolute atomic E-state index is 0.130. The first-order valence-electron chi connectivity index (χ1n) is 11.8. The minimum Gasteiger partial charge on any atom is -0.444 e. The molecular formula is C25H39N3O5. The van der Waals surface area contributed by atoms with Gasteiger partial charge in [0.25, 0.3) is 0 Å². The lowest BCUT2D eigenvalue weighted by Gasteiger charge is -2.35. The van der Waals surface area contributed by atoms with Crippen molar-refractivity contribution in [1.82, 2.24) is 15.5 Å². The van der Waals surface area contributed by atoms with E-state index < -0.39 is 36.3 Å². The molecule has 0 bridgehead atoms. The highest BCUT2D eigenvalue weighted by Gasteiger charge is 2.44. The zero-order valence-corrected chi connectivity index (χ0v) is 20.7. The summed E-state index contributed by atoms with van der Waals surface area (Å²) >= 11 is 0. The Bertz CT molecular complexity index is 845. The summed E-state index contributed by atoms with van der Waals surface area (Å²) in [7, 11) is 0. The molecule has 8 nitrogen and oxygen atoms in total. The smallest absolute Gasteiger partial charge is 0.408 e. The highest BCUT2D eigenvalue weighted by molar-refractivity contribution is 5.92. The number of unbranched alkanes of at least 4 members (excludes halogenated alkanes) is 1. The van der Waals surface area contributed by atoms with Gasteiger partial charge in [0.05, 0.1) is 6.61 Å². The highest BCUT2D eigenvalue weighted by Crippen LogP contribution is 2.36. The van der Waals surface area contributed by atoms with Gasteiger partial charge in [-0.1, -0.05) is 37.1 Å². The normalized spacial score (nSPS) is 15.4. The Morgan fingerprint density at radius 2 is 1.88 bits per heavy atom. The average molecular weight is 462 g/mol. The quantitative estimate of drug-likeness (QED) is 0.464. The van der Waals surface area contributed by atoms with Crippen LogP contribution in [0.25, 0.3) is 0 Å². The van der Waals surface area contributed by atoms with Crippen LogP contribution in [0, 0.1) is 13.8 Å². The zero-order valence-electron chi connectivity index (χ0n) is 20.7. The number of aryl methyl sites for hydroxylation is 2. The first-order valence-corrected chi connectivity index (χ1v) is 11.8. The molecule has 3 N–H and O–H groups in total. The van der Waals surface area contributed by atoms with E-state index in [1.807, 2.05) is 39.0 Å². The Hall–Kier alpha value is -2.61. The third kappa shape index (κ3) is 7.74. The second-order valence-corrected chi connectivity index (χ2v) is 9.77. The van der Waals surface area contributed by atoms with Crippen LogP contribution < -0.4 is 10.6 Å². The third-order valence-corrected chi connectivity index (χ3v) is 5.44. The van der Waals surface area contributed by atoms with E-state index in [9.17, 15) is 19.5 Å². The van der Waals surface area contributed by atoms with E-state index in [1.54, 1.807) is 20.8 Å². The van der Waals surface area contributed by atoms with Crippen molar-refractivity contribution in [2.24, 2.45) is 0 Å². The molecule has 33 heavy (non-hydrogen) atoms. The van der Waals surface area contributed by atoms with Gasteiger partial charge >= 0.3 is 6.09 Å². The first-order chi connectivity index (χ1) is 15.5. The lowest BCUT2D eigenvalue weighted by Crippen LogP contribution is -2.55. The predicted octanol–water partition coefficient (Wildman–Crippen LogP) is 3.14. The van der Waals surface area contributed by atoms with E-state index in [0.29, 0.717) is 6.54 Å². The van der Waals surface area contributed by atoms with Crippen LogP contribution in [-0.4, -0.2) is 58.8 Å². The van der Waals surface area contributed by atoms with Gasteiger partial charge in [-0.05, 0) is 65.0 Å². The van der Waals surface area contributed by atoms with Gasteiger partial charge in [-0.2, -0.15) is 0 Å². The SMILES string of the molecule is CCCCNC(=O)C(c1ccc(C)cc1C)N(C(=O)C(CO)NC(=O)OC(C)(C)C)C1CC1. The fourth-order valence-corrected chi connectivity index (χ4v) is 3.72. The van der Waals surface area contributed by atoms with Crippen molar-refractivity contribution in [2.45, 2.75) is 91.0 Å². The van der Waals surface area contributed by atoms with Crippen molar-refractivity contribution >= 4 is 17.9 Å². The fraction of sp³-hybridized carbons (Fsp3) is 0.640. The molecule has 1 fully saturated rings. The van der Waals surface area contributed by atoms with Gasteiger partial charge in [0.15, 0.2) is 0 Å². The summed E-state index contributed by atoms with van der Waals surface area (Å²) in [6, 6.07) is 3.60. The minimum atomic E-state index is -1.21. The molecule has 2 rings (SSSR count). The average Bonchev–Trinajstić information content (AvgIpc) is 3.54. The van der Waals surface area contributed by atoms with Crippen LogP contribution in [0.5, 0.6) is 0 Å². The summed E-state index contributed by atoms with van der Waals surface area (Å²) < 4.78 is 5.26. The second kappa shape index (κ2) is 11.5. The van der Waals surface area contributed by atoms with Crippen LogP contribution in [0.1, 0.15) is 76.1 Å². The lowest BCUT2D eigenvalue weighted by atomic mass is 9.96. The van der Waals surface area contributed by atoms with Crippen LogP contribution in [-0.2, 0) is 14.3 Å². The molecule has 3 amide bonds. The Kier molecular flexibility index (Phi) is 9.28. The van der Waals surface area contributed by atoms with Gasteiger partial charge < -0.3 is 25.4 Å². The van der Waals surface area contributed by atoms with Gasteiger partial charge in [-0.25, -0.2) is 4.79 Å². The number of carbonyl (C=O) groups excluding carboxylic acids is 3. The third-order valence-electron chi connectivity index (χ3n) is 5.44. The largest absolute Gasteiger partial charge is 0.444 e. The Morgan fingerprint density at radius 1 is 1.21 bits per heavy atom. The maximum absolute atomic E-state index is 13.6. The molecule has 184 valence electrons. The molecule has 0 radical (unpaired) electrons. The molecule has 0 spiro atoms. The van der Waals surface area contributed by atoms with Crippen molar-refractivity contribution in [3.63, 3.8) is 0 Å². The summed E-state index contributed by atoms with van der Waals surface area (Å²) in [6.07, 6.45) is 2.51. The molecule has 1 aromatic carbocycles. The van der Waals surface area contributed by atoms with E-state index in [1.165, 1.54) is 4.90 Å². The molecular weight excluding hydrogens is 422 g/mol. The number of nitrogens with one attached hydrogen (secondary N) is 2. The Morgan fingerprint density at radius 3 is 2.39 bits per heavy atom. The number of benzene rings is 1. The van der Waals surface area contributed by atoms with Crippen molar-refractivity contribution < 1.29 is 24.2 Å². The number of ether oxygens (including phenoxy) is 1. The van der Waals surface area contributed by atoms with Crippen LogP contribution in [0.3, 0.4) is 0 Å². The fourth-order valence-electron chi connectivity index (χ4n) is 3.72. The van der Waals surface area contributed by atoms with Gasteiger partial charge in [-0.15, -0.1) is 0 Å². The number of alkyl carbamates (subject to hydrolysis) is 1. The molecule has 1 aliphatic rings. The number of hydrogen-bond acceptors (Lipinski definition) is 5. The van der Waals surface area contributed by atoms with E-state index in [2.05, 4.69) is 10.6 Å². The summed E-state index contributed by atoms with van der Waals surface area (Å²) in [5.74, 6) is -0.758. The molecule has 2 atom stereocenters. The summed E-state index contributed by atoms with van der Waals surface area (Å²) in [5.41, 5.74) is 1.96. The van der Waals surface area contributed by atoms with Crippen LogP contribution in [0.4, 0.5) is 4.79 Å². The van der Waals surface area contributed by atoms with Gasteiger partial charge in [0.1, 0.15) is 17.7 Å². The molecule has 2 unspecified atom stereocenters. The molecule has 0 aromatic heterocycles. The summed E-state index contributed by atoms with van der Waals surface area (Å²) in [4.78, 5) is 40.8. The van der Waals surface area contributed by atoms with E-state index in [0.717, 1.165) is 42.4 Å². The first kappa shape index (κ1) is 26.6. The molecule has 1 aromatic rings. The van der Waals surface area contributed by atoms with E-state index in [4.69, 9.17) is 4.74 Å². The van der Waals surface area contributed by atoms with Crippen LogP contribution in [0.15, 0.2) is 18.2 Å². The zero-order chi connectivity index (χ0) is 24.8. The second-order valence-electron chi connectivity index (χ2n) is 9.77. The molecule has 1 aliphatic carbocycles. The maximum Gasteiger partial charge on any atom is 0.408 e.